The van der Waals surface area contributed by atoms with Crippen LogP contribution in [0.25, 0.3) is 0 Å². The van der Waals surface area contributed by atoms with Gasteiger partial charge >= 0.3 is 5.97 Å². The molecule has 0 aromatic rings. The number of rotatable bonds is 3. The zero-order chi connectivity index (χ0) is 9.07. The van der Waals surface area contributed by atoms with Crippen molar-refractivity contribution in [1.82, 2.24) is 4.90 Å². The van der Waals surface area contributed by atoms with Gasteiger partial charge in [-0.05, 0) is 21.0 Å². The van der Waals surface area contributed by atoms with Crippen molar-refractivity contribution in [3.05, 3.63) is 0 Å². The lowest BCUT2D eigenvalue weighted by atomic mass is 10.1. The maximum atomic E-state index is 10.9. The molecule has 1 atom stereocenters. The van der Waals surface area contributed by atoms with E-state index in [0.29, 0.717) is 0 Å². The first kappa shape index (κ1) is 10.4. The number of carbonyl (C=O) groups is 1. The molecule has 0 aliphatic heterocycles. The molecule has 4 nitrogen and oxygen atoms in total. The van der Waals surface area contributed by atoms with Gasteiger partial charge < -0.3 is 14.7 Å². The van der Waals surface area contributed by atoms with Crippen LogP contribution in [-0.2, 0) is 9.53 Å². The van der Waals surface area contributed by atoms with E-state index in [1.54, 1.807) is 19.0 Å². The molecule has 0 bridgehead atoms. The van der Waals surface area contributed by atoms with Gasteiger partial charge in [0.15, 0.2) is 5.60 Å². The summed E-state index contributed by atoms with van der Waals surface area (Å²) in [6, 6.07) is 0. The Labute approximate surface area is 66.8 Å². The molecular formula is C7H15NO3. The maximum Gasteiger partial charge on any atom is 0.338 e. The van der Waals surface area contributed by atoms with Crippen LogP contribution < -0.4 is 0 Å². The molecule has 66 valence electrons. The molecule has 4 heteroatoms. The monoisotopic (exact) mass is 161 g/mol. The normalized spacial score (nSPS) is 16.2. The van der Waals surface area contributed by atoms with E-state index in [1.807, 2.05) is 0 Å². The predicted octanol–water partition coefficient (Wildman–Crippen LogP) is -0.528. The number of esters is 1. The highest BCUT2D eigenvalue weighted by atomic mass is 16.5. The lowest BCUT2D eigenvalue weighted by Gasteiger charge is -2.23. The summed E-state index contributed by atoms with van der Waals surface area (Å²) in [4.78, 5) is 12.6. The van der Waals surface area contributed by atoms with E-state index in [0.717, 1.165) is 0 Å². The van der Waals surface area contributed by atoms with E-state index in [9.17, 15) is 9.90 Å². The summed E-state index contributed by atoms with van der Waals surface area (Å²) in [6.07, 6.45) is 0. The Kier molecular flexibility index (Phi) is 3.48. The van der Waals surface area contributed by atoms with Crippen molar-refractivity contribution in [3.63, 3.8) is 0 Å². The van der Waals surface area contributed by atoms with Crippen LogP contribution >= 0.6 is 0 Å². The SMILES string of the molecule is COC(=O)C(C)(O)CN(C)C. The van der Waals surface area contributed by atoms with Gasteiger partial charge in [0.2, 0.25) is 0 Å². The van der Waals surface area contributed by atoms with Gasteiger partial charge in [0.1, 0.15) is 0 Å². The standard InChI is InChI=1S/C7H15NO3/c1-7(10,5-8(2)3)6(9)11-4/h10H,5H2,1-4H3. The fourth-order valence-electron chi connectivity index (χ4n) is 0.900. The van der Waals surface area contributed by atoms with Crippen LogP contribution in [0.1, 0.15) is 6.92 Å². The summed E-state index contributed by atoms with van der Waals surface area (Å²) in [5, 5.41) is 9.44. The molecule has 0 amide bonds. The fourth-order valence-corrected chi connectivity index (χ4v) is 0.900. The number of ether oxygens (including phenoxy) is 1. The molecule has 0 saturated heterocycles. The van der Waals surface area contributed by atoms with Crippen molar-refractivity contribution in [2.75, 3.05) is 27.7 Å². The Morgan fingerprint density at radius 3 is 2.36 bits per heavy atom. The second kappa shape index (κ2) is 3.69. The van der Waals surface area contributed by atoms with E-state index in [4.69, 9.17) is 0 Å². The maximum absolute atomic E-state index is 10.9. The Morgan fingerprint density at radius 2 is 2.09 bits per heavy atom. The van der Waals surface area contributed by atoms with Crippen molar-refractivity contribution in [3.8, 4) is 0 Å². The minimum atomic E-state index is -1.40. The van der Waals surface area contributed by atoms with E-state index >= 15 is 0 Å². The van der Waals surface area contributed by atoms with Gasteiger partial charge in [-0.25, -0.2) is 4.79 Å². The number of aliphatic hydroxyl groups is 1. The van der Waals surface area contributed by atoms with Crippen molar-refractivity contribution in [2.45, 2.75) is 12.5 Å². The van der Waals surface area contributed by atoms with E-state index < -0.39 is 11.6 Å². The summed E-state index contributed by atoms with van der Waals surface area (Å²) < 4.78 is 4.40. The van der Waals surface area contributed by atoms with Crippen LogP contribution in [0.4, 0.5) is 0 Å². The zero-order valence-electron chi connectivity index (χ0n) is 7.42. The number of nitrogens with zero attached hydrogens (tertiary/aromatic N) is 1. The number of carbonyl (C=O) groups excluding carboxylic acids is 1. The van der Waals surface area contributed by atoms with Crippen molar-refractivity contribution in [1.29, 1.82) is 0 Å². The highest BCUT2D eigenvalue weighted by Gasteiger charge is 2.31. The average Bonchev–Trinajstić information content (AvgIpc) is 1.83. The molecule has 0 aliphatic carbocycles. The molecule has 1 unspecified atom stereocenters. The quantitative estimate of drug-likeness (QED) is 0.565. The number of hydrogen-bond acceptors (Lipinski definition) is 4. The van der Waals surface area contributed by atoms with E-state index in [-0.39, 0.29) is 6.54 Å². The van der Waals surface area contributed by atoms with Crippen LogP contribution in [-0.4, -0.2) is 49.3 Å². The van der Waals surface area contributed by atoms with Crippen LogP contribution in [0.2, 0.25) is 0 Å². The Balaban J connectivity index is 4.09. The van der Waals surface area contributed by atoms with Gasteiger partial charge in [0, 0.05) is 6.54 Å². The zero-order valence-corrected chi connectivity index (χ0v) is 7.42. The predicted molar refractivity (Wildman–Crippen MR) is 41.2 cm³/mol. The number of hydrogen-bond donors (Lipinski definition) is 1. The fraction of sp³-hybridized carbons (Fsp3) is 0.857. The average molecular weight is 161 g/mol. The molecular weight excluding hydrogens is 146 g/mol. The number of methoxy groups -OCH3 is 1. The largest absolute Gasteiger partial charge is 0.467 e. The lowest BCUT2D eigenvalue weighted by molar-refractivity contribution is -0.161. The summed E-state index contributed by atoms with van der Waals surface area (Å²) in [5.74, 6) is -0.605. The smallest absolute Gasteiger partial charge is 0.338 e. The van der Waals surface area contributed by atoms with Gasteiger partial charge in [-0.15, -0.1) is 0 Å². The molecule has 0 spiro atoms. The summed E-state index contributed by atoms with van der Waals surface area (Å²) in [5.41, 5.74) is -1.40. The third kappa shape index (κ3) is 3.34. The van der Waals surface area contributed by atoms with Crippen LogP contribution in [0.5, 0.6) is 0 Å². The van der Waals surface area contributed by atoms with Crippen molar-refractivity contribution in [2.24, 2.45) is 0 Å². The van der Waals surface area contributed by atoms with Gasteiger partial charge in [0.05, 0.1) is 7.11 Å². The van der Waals surface area contributed by atoms with E-state index in [2.05, 4.69) is 4.74 Å². The first-order chi connectivity index (χ1) is 4.90. The molecule has 0 rings (SSSR count). The Morgan fingerprint density at radius 1 is 1.64 bits per heavy atom. The first-order valence-corrected chi connectivity index (χ1v) is 3.35. The third-order valence-electron chi connectivity index (χ3n) is 1.25. The minimum absolute atomic E-state index is 0.264. The highest BCUT2D eigenvalue weighted by molar-refractivity contribution is 5.78. The summed E-state index contributed by atoms with van der Waals surface area (Å²) >= 11 is 0. The molecule has 11 heavy (non-hydrogen) atoms. The molecule has 0 aromatic carbocycles. The van der Waals surface area contributed by atoms with Crippen LogP contribution in [0.3, 0.4) is 0 Å². The topological polar surface area (TPSA) is 49.8 Å². The molecule has 0 radical (unpaired) electrons. The second-order valence-corrected chi connectivity index (χ2v) is 3.00. The molecule has 0 heterocycles. The van der Waals surface area contributed by atoms with Crippen molar-refractivity contribution >= 4 is 5.97 Å². The Hall–Kier alpha value is -0.610. The molecule has 1 N–H and O–H groups in total. The Bertz CT molecular complexity index is 143. The molecule has 0 aliphatic rings. The van der Waals surface area contributed by atoms with Crippen molar-refractivity contribution < 1.29 is 14.6 Å². The molecule has 0 fully saturated rings. The highest BCUT2D eigenvalue weighted by Crippen LogP contribution is 2.05. The molecule has 0 aromatic heterocycles. The summed E-state index contributed by atoms with van der Waals surface area (Å²) in [7, 11) is 4.81. The summed E-state index contributed by atoms with van der Waals surface area (Å²) in [6.45, 7) is 1.69. The first-order valence-electron chi connectivity index (χ1n) is 3.35. The van der Waals surface area contributed by atoms with E-state index in [1.165, 1.54) is 14.0 Å². The minimum Gasteiger partial charge on any atom is -0.467 e. The van der Waals surface area contributed by atoms with Crippen LogP contribution in [0.15, 0.2) is 0 Å². The third-order valence-corrected chi connectivity index (χ3v) is 1.25. The van der Waals surface area contributed by atoms with Crippen LogP contribution in [0, 0.1) is 0 Å². The van der Waals surface area contributed by atoms with Gasteiger partial charge in [-0.1, -0.05) is 0 Å². The number of likely N-dealkylation sites (N-methyl/N-ethyl adjacent to an activating group) is 1. The van der Waals surface area contributed by atoms with Gasteiger partial charge in [-0.2, -0.15) is 0 Å². The van der Waals surface area contributed by atoms with Gasteiger partial charge in [-0.3, -0.25) is 0 Å². The lowest BCUT2D eigenvalue weighted by Crippen LogP contribution is -2.45. The second-order valence-electron chi connectivity index (χ2n) is 3.00. The molecule has 0 saturated carbocycles. The van der Waals surface area contributed by atoms with Gasteiger partial charge in [0.25, 0.3) is 0 Å².